The largest absolute Gasteiger partial charge is 0.481 e. The fraction of sp³-hybridized carbons (Fsp3) is 0.417. The molecule has 0 aliphatic carbocycles. The van der Waals surface area contributed by atoms with Crippen LogP contribution in [0.15, 0.2) is 23.1 Å². The van der Waals surface area contributed by atoms with E-state index in [4.69, 9.17) is 5.11 Å². The van der Waals surface area contributed by atoms with Crippen LogP contribution in [0.2, 0.25) is 0 Å². The fourth-order valence-electron chi connectivity index (χ4n) is 1.60. The molecule has 1 N–H and O–H groups in total. The third kappa shape index (κ3) is 3.30. The minimum absolute atomic E-state index is 0.0253. The Balaban J connectivity index is 3.10. The lowest BCUT2D eigenvalue weighted by Crippen LogP contribution is -2.34. The zero-order valence-electron chi connectivity index (χ0n) is 10.9. The summed E-state index contributed by atoms with van der Waals surface area (Å²) in [5.74, 6) is -2.53. The van der Waals surface area contributed by atoms with Crippen LogP contribution in [-0.4, -0.2) is 37.4 Å². The standard InChI is InChI=1S/C12H16FNO4S/c1-8(12(15)16)7-14(3)19(17,18)11-6-4-5-10(13)9(11)2/h4-6,8H,7H2,1-3H3,(H,15,16). The molecule has 1 rings (SSSR count). The fourth-order valence-corrected chi connectivity index (χ4v) is 3.09. The number of nitrogens with zero attached hydrogens (tertiary/aromatic N) is 1. The number of halogens is 1. The molecule has 0 saturated carbocycles. The summed E-state index contributed by atoms with van der Waals surface area (Å²) in [5.41, 5.74) is 0.0253. The second kappa shape index (κ2) is 5.66. The smallest absolute Gasteiger partial charge is 0.307 e. The van der Waals surface area contributed by atoms with Gasteiger partial charge in [-0.3, -0.25) is 4.79 Å². The third-order valence-electron chi connectivity index (χ3n) is 2.86. The molecule has 19 heavy (non-hydrogen) atoms. The molecule has 1 unspecified atom stereocenters. The summed E-state index contributed by atoms with van der Waals surface area (Å²) in [7, 11) is -2.61. The van der Waals surface area contributed by atoms with Gasteiger partial charge in [0.25, 0.3) is 0 Å². The zero-order valence-corrected chi connectivity index (χ0v) is 11.7. The summed E-state index contributed by atoms with van der Waals surface area (Å²) in [6, 6.07) is 3.79. The molecular weight excluding hydrogens is 273 g/mol. The zero-order chi connectivity index (χ0) is 14.8. The lowest BCUT2D eigenvalue weighted by molar-refractivity contribution is -0.141. The van der Waals surface area contributed by atoms with Crippen molar-refractivity contribution < 1.29 is 22.7 Å². The Hall–Kier alpha value is -1.47. The first kappa shape index (κ1) is 15.6. The topological polar surface area (TPSA) is 74.7 Å². The van der Waals surface area contributed by atoms with E-state index in [9.17, 15) is 17.6 Å². The number of carbonyl (C=O) groups is 1. The molecule has 5 nitrogen and oxygen atoms in total. The molecule has 7 heteroatoms. The highest BCUT2D eigenvalue weighted by Gasteiger charge is 2.26. The van der Waals surface area contributed by atoms with E-state index in [0.717, 1.165) is 4.31 Å². The summed E-state index contributed by atoms with van der Waals surface area (Å²) >= 11 is 0. The molecular formula is C12H16FNO4S. The van der Waals surface area contributed by atoms with Crippen LogP contribution in [0.5, 0.6) is 0 Å². The minimum Gasteiger partial charge on any atom is -0.481 e. The first-order valence-electron chi connectivity index (χ1n) is 5.62. The highest BCUT2D eigenvalue weighted by Crippen LogP contribution is 2.21. The van der Waals surface area contributed by atoms with Gasteiger partial charge in [0.1, 0.15) is 5.82 Å². The highest BCUT2D eigenvalue weighted by molar-refractivity contribution is 7.89. The van der Waals surface area contributed by atoms with Crippen molar-refractivity contribution in [3.63, 3.8) is 0 Å². The van der Waals surface area contributed by atoms with Crippen LogP contribution in [-0.2, 0) is 14.8 Å². The van der Waals surface area contributed by atoms with Crippen molar-refractivity contribution >= 4 is 16.0 Å². The first-order valence-corrected chi connectivity index (χ1v) is 7.06. The van der Waals surface area contributed by atoms with Gasteiger partial charge in [0.05, 0.1) is 10.8 Å². The monoisotopic (exact) mass is 289 g/mol. The minimum atomic E-state index is -3.89. The Bertz CT molecular complexity index is 585. The van der Waals surface area contributed by atoms with Crippen LogP contribution in [0, 0.1) is 18.7 Å². The number of sulfonamides is 1. The van der Waals surface area contributed by atoms with E-state index in [1.54, 1.807) is 0 Å². The van der Waals surface area contributed by atoms with Crippen LogP contribution in [0.3, 0.4) is 0 Å². The van der Waals surface area contributed by atoms with E-state index in [1.807, 2.05) is 0 Å². The molecule has 0 aliphatic rings. The van der Waals surface area contributed by atoms with Crippen molar-refractivity contribution in [2.24, 2.45) is 5.92 Å². The Morgan fingerprint density at radius 1 is 1.47 bits per heavy atom. The molecule has 1 aromatic rings. The summed E-state index contributed by atoms with van der Waals surface area (Å²) in [4.78, 5) is 10.6. The maximum absolute atomic E-state index is 13.4. The molecule has 0 aliphatic heterocycles. The van der Waals surface area contributed by atoms with Gasteiger partial charge in [-0.05, 0) is 19.1 Å². The molecule has 0 spiro atoms. The molecule has 0 bridgehead atoms. The van der Waals surface area contributed by atoms with Crippen LogP contribution < -0.4 is 0 Å². The van der Waals surface area contributed by atoms with Crippen molar-refractivity contribution in [1.29, 1.82) is 0 Å². The van der Waals surface area contributed by atoms with Crippen molar-refractivity contribution in [3.8, 4) is 0 Å². The second-order valence-electron chi connectivity index (χ2n) is 4.39. The van der Waals surface area contributed by atoms with Gasteiger partial charge in [-0.15, -0.1) is 0 Å². The van der Waals surface area contributed by atoms with Crippen molar-refractivity contribution in [2.75, 3.05) is 13.6 Å². The van der Waals surface area contributed by atoms with E-state index < -0.39 is 27.7 Å². The summed E-state index contributed by atoms with van der Waals surface area (Å²) in [6.07, 6.45) is 0. The normalized spacial score (nSPS) is 13.5. The number of hydrogen-bond donors (Lipinski definition) is 1. The van der Waals surface area contributed by atoms with Crippen LogP contribution in [0.1, 0.15) is 12.5 Å². The van der Waals surface area contributed by atoms with Gasteiger partial charge in [0.2, 0.25) is 10.0 Å². The molecule has 1 aromatic carbocycles. The Morgan fingerprint density at radius 3 is 2.58 bits per heavy atom. The Labute approximate surface area is 111 Å². The number of carboxylic acids is 1. The number of hydrogen-bond acceptors (Lipinski definition) is 3. The van der Waals surface area contributed by atoms with Crippen molar-refractivity contribution in [2.45, 2.75) is 18.7 Å². The van der Waals surface area contributed by atoms with E-state index in [0.29, 0.717) is 0 Å². The van der Waals surface area contributed by atoms with Gasteiger partial charge in [-0.1, -0.05) is 13.0 Å². The lowest BCUT2D eigenvalue weighted by atomic mass is 10.2. The van der Waals surface area contributed by atoms with Gasteiger partial charge in [-0.25, -0.2) is 17.1 Å². The molecule has 0 saturated heterocycles. The summed E-state index contributed by atoms with van der Waals surface area (Å²) in [6.45, 7) is 2.61. The second-order valence-corrected chi connectivity index (χ2v) is 6.40. The van der Waals surface area contributed by atoms with Crippen molar-refractivity contribution in [3.05, 3.63) is 29.6 Å². The van der Waals surface area contributed by atoms with Crippen molar-refractivity contribution in [1.82, 2.24) is 4.31 Å². The molecule has 0 heterocycles. The first-order chi connectivity index (χ1) is 8.67. The van der Waals surface area contributed by atoms with Crippen LogP contribution in [0.25, 0.3) is 0 Å². The van der Waals surface area contributed by atoms with Gasteiger partial charge >= 0.3 is 5.97 Å². The average molecular weight is 289 g/mol. The maximum Gasteiger partial charge on any atom is 0.307 e. The number of rotatable bonds is 5. The average Bonchev–Trinajstić information content (AvgIpc) is 2.32. The van der Waals surface area contributed by atoms with Crippen LogP contribution >= 0.6 is 0 Å². The SMILES string of the molecule is Cc1c(F)cccc1S(=O)(=O)N(C)CC(C)C(=O)O. The summed E-state index contributed by atoms with van der Waals surface area (Å²) < 4.78 is 38.8. The Kier molecular flexibility index (Phi) is 4.65. The lowest BCUT2D eigenvalue weighted by Gasteiger charge is -2.20. The maximum atomic E-state index is 13.4. The predicted molar refractivity (Wildman–Crippen MR) is 67.8 cm³/mol. The van der Waals surface area contributed by atoms with E-state index in [1.165, 1.54) is 39.1 Å². The predicted octanol–water partition coefficient (Wildman–Crippen LogP) is 1.48. The molecule has 0 fully saturated rings. The molecule has 0 radical (unpaired) electrons. The quantitative estimate of drug-likeness (QED) is 0.891. The number of benzene rings is 1. The highest BCUT2D eigenvalue weighted by atomic mass is 32.2. The molecule has 0 aromatic heterocycles. The number of aliphatic carboxylic acids is 1. The third-order valence-corrected chi connectivity index (χ3v) is 4.83. The van der Waals surface area contributed by atoms with Gasteiger partial charge in [0.15, 0.2) is 0 Å². The molecule has 0 amide bonds. The molecule has 106 valence electrons. The van der Waals surface area contributed by atoms with E-state index >= 15 is 0 Å². The Morgan fingerprint density at radius 2 is 2.05 bits per heavy atom. The van der Waals surface area contributed by atoms with E-state index in [2.05, 4.69) is 0 Å². The van der Waals surface area contributed by atoms with Crippen LogP contribution in [0.4, 0.5) is 4.39 Å². The van der Waals surface area contributed by atoms with Gasteiger partial charge in [-0.2, -0.15) is 0 Å². The van der Waals surface area contributed by atoms with Gasteiger partial charge in [0, 0.05) is 19.2 Å². The summed E-state index contributed by atoms with van der Waals surface area (Å²) in [5, 5.41) is 8.78. The number of carboxylic acid groups (broad SMARTS) is 1. The van der Waals surface area contributed by atoms with E-state index in [-0.39, 0.29) is 17.0 Å². The van der Waals surface area contributed by atoms with Gasteiger partial charge < -0.3 is 5.11 Å². The molecule has 1 atom stereocenters.